The van der Waals surface area contributed by atoms with Crippen molar-refractivity contribution in [1.82, 2.24) is 15.0 Å². The zero-order valence-corrected chi connectivity index (χ0v) is 18.5. The topological polar surface area (TPSA) is 110 Å². The number of halogens is 5. The Labute approximate surface area is 190 Å². The summed E-state index contributed by atoms with van der Waals surface area (Å²) in [5.74, 6) is -3.08. The maximum atomic E-state index is 14.1. The summed E-state index contributed by atoms with van der Waals surface area (Å²) in [4.78, 5) is 11.4. The van der Waals surface area contributed by atoms with Crippen LogP contribution in [0.4, 0.5) is 17.6 Å². The molecule has 176 valence electrons. The van der Waals surface area contributed by atoms with E-state index in [1.165, 1.54) is 26.2 Å². The normalized spacial score (nSPS) is 25.5. The number of ether oxygens (including phenoxy) is 2. The Morgan fingerprint density at radius 3 is 2.58 bits per heavy atom. The summed E-state index contributed by atoms with van der Waals surface area (Å²) in [6.07, 6.45) is -5.92. The molecule has 0 unspecified atom stereocenters. The second-order valence-corrected chi connectivity index (χ2v) is 8.42. The number of methoxy groups -OCH3 is 1. The number of aromatic nitrogens is 3. The van der Waals surface area contributed by atoms with Crippen molar-refractivity contribution in [3.8, 4) is 5.75 Å². The van der Waals surface area contributed by atoms with E-state index in [1.807, 2.05) is 0 Å². The second kappa shape index (κ2) is 7.84. The lowest BCUT2D eigenvalue weighted by Crippen LogP contribution is -2.46. The second-order valence-electron chi connectivity index (χ2n) is 8.04. The van der Waals surface area contributed by atoms with E-state index in [0.717, 1.165) is 13.0 Å². The summed E-state index contributed by atoms with van der Waals surface area (Å²) in [5, 5.41) is 7.19. The summed E-state index contributed by atoms with van der Waals surface area (Å²) in [5.41, 5.74) is 3.95. The number of aromatic amines is 1. The minimum atomic E-state index is -4.71. The lowest BCUT2D eigenvalue weighted by atomic mass is 9.77. The molecule has 1 fully saturated rings. The number of nitrogen functional groups attached to an aromatic ring is 1. The number of H-pyrrole nitrogens is 1. The van der Waals surface area contributed by atoms with Gasteiger partial charge in [-0.2, -0.15) is 13.2 Å². The lowest BCUT2D eigenvalue weighted by molar-refractivity contribution is -0.275. The number of benzene rings is 1. The molecule has 1 aliphatic rings. The molecule has 1 aromatic carbocycles. The van der Waals surface area contributed by atoms with Crippen LogP contribution in [0, 0.1) is 17.1 Å². The first-order chi connectivity index (χ1) is 15.4. The van der Waals surface area contributed by atoms with Crippen molar-refractivity contribution in [2.75, 3.05) is 7.11 Å². The highest BCUT2D eigenvalue weighted by Crippen LogP contribution is 2.59. The average Bonchev–Trinajstić information content (AvgIpc) is 3.28. The summed E-state index contributed by atoms with van der Waals surface area (Å²) >= 11 is 6.06. The van der Waals surface area contributed by atoms with Crippen molar-refractivity contribution in [3.05, 3.63) is 52.2 Å². The van der Waals surface area contributed by atoms with Gasteiger partial charge in [-0.1, -0.05) is 24.6 Å². The Bertz CT molecular complexity index is 1250. The van der Waals surface area contributed by atoms with Crippen LogP contribution >= 0.6 is 11.6 Å². The molecule has 0 aliphatic carbocycles. The quantitative estimate of drug-likeness (QED) is 0.278. The van der Waals surface area contributed by atoms with Gasteiger partial charge in [-0.15, -0.1) is 0 Å². The van der Waals surface area contributed by atoms with Crippen molar-refractivity contribution in [1.29, 1.82) is 5.41 Å². The van der Waals surface area contributed by atoms with E-state index in [0.29, 0.717) is 5.52 Å². The molecule has 1 saturated heterocycles. The first-order valence-corrected chi connectivity index (χ1v) is 10.2. The molecule has 4 N–H and O–H groups in total. The molecule has 3 heterocycles. The molecule has 33 heavy (non-hydrogen) atoms. The predicted molar refractivity (Wildman–Crippen MR) is 113 cm³/mol. The number of nitrogens with one attached hydrogen (secondary N) is 2. The standard InChI is InChI=1S/C21H20ClF4N5O2/c1-8-13(9-4-5-10(23)14(22)15(9)32-3)16(33-20(8,2)21(24,25)26)19-30-12-7-6-11(17(27)28)29-18(12)31-19/h4-8,13,16H,1-3H3,(H3,27,28)(H,29,30,31)/t8-,13-,16+,20+/m0/s1. The minimum absolute atomic E-state index is 0.0679. The van der Waals surface area contributed by atoms with Crippen molar-refractivity contribution >= 4 is 28.6 Å². The van der Waals surface area contributed by atoms with Crippen LogP contribution in [-0.2, 0) is 4.74 Å². The van der Waals surface area contributed by atoms with Crippen LogP contribution in [0.1, 0.15) is 43.0 Å². The Hall–Kier alpha value is -2.92. The molecule has 0 saturated carbocycles. The highest BCUT2D eigenvalue weighted by Gasteiger charge is 2.65. The van der Waals surface area contributed by atoms with Gasteiger partial charge in [0.25, 0.3) is 0 Å². The van der Waals surface area contributed by atoms with E-state index in [2.05, 4.69) is 15.0 Å². The summed E-state index contributed by atoms with van der Waals surface area (Å²) in [7, 11) is 1.26. The van der Waals surface area contributed by atoms with Gasteiger partial charge >= 0.3 is 6.18 Å². The van der Waals surface area contributed by atoms with Crippen molar-refractivity contribution < 1.29 is 27.0 Å². The Kier molecular flexibility index (Phi) is 5.52. The van der Waals surface area contributed by atoms with E-state index in [4.69, 9.17) is 32.2 Å². The molecule has 7 nitrogen and oxygen atoms in total. The molecule has 4 atom stereocenters. The van der Waals surface area contributed by atoms with Crippen LogP contribution in [0.25, 0.3) is 11.2 Å². The zero-order chi connectivity index (χ0) is 24.3. The van der Waals surface area contributed by atoms with Gasteiger partial charge in [0.1, 0.15) is 40.0 Å². The third-order valence-corrected chi connectivity index (χ3v) is 6.57. The van der Waals surface area contributed by atoms with Crippen LogP contribution in [0.5, 0.6) is 5.75 Å². The summed E-state index contributed by atoms with van der Waals surface area (Å²) in [6.45, 7) is 2.38. The number of pyridine rings is 1. The third kappa shape index (κ3) is 3.59. The number of nitrogens with two attached hydrogens (primary N) is 1. The molecule has 12 heteroatoms. The highest BCUT2D eigenvalue weighted by atomic mass is 35.5. The van der Waals surface area contributed by atoms with E-state index in [1.54, 1.807) is 6.07 Å². The highest BCUT2D eigenvalue weighted by molar-refractivity contribution is 6.32. The molecule has 0 radical (unpaired) electrons. The Balaban J connectivity index is 1.91. The fourth-order valence-electron chi connectivity index (χ4n) is 4.25. The zero-order valence-electron chi connectivity index (χ0n) is 17.7. The first-order valence-electron chi connectivity index (χ1n) is 9.86. The van der Waals surface area contributed by atoms with E-state index < -0.39 is 35.5 Å². The molecule has 0 spiro atoms. The number of hydrogen-bond acceptors (Lipinski definition) is 5. The van der Waals surface area contributed by atoms with Crippen LogP contribution in [0.2, 0.25) is 5.02 Å². The maximum Gasteiger partial charge on any atom is 0.417 e. The SMILES string of the molecule is COc1c([C@H]2[C@H](c3nc4nc(C(=N)N)ccc4[nH]3)O[C@@](C)(C(F)(F)F)[C@H]2C)ccc(F)c1Cl. The van der Waals surface area contributed by atoms with E-state index in [9.17, 15) is 17.6 Å². The summed E-state index contributed by atoms with van der Waals surface area (Å²) < 4.78 is 67.3. The number of hydrogen-bond donors (Lipinski definition) is 3. The number of rotatable bonds is 4. The largest absolute Gasteiger partial charge is 0.495 e. The van der Waals surface area contributed by atoms with Crippen LogP contribution in [0.15, 0.2) is 24.3 Å². The number of fused-ring (bicyclic) bond motifs is 1. The number of nitrogens with zero attached hydrogens (tertiary/aromatic N) is 2. The van der Waals surface area contributed by atoms with Gasteiger partial charge in [0.05, 0.1) is 12.6 Å². The van der Waals surface area contributed by atoms with E-state index >= 15 is 0 Å². The number of imidazole rings is 1. The minimum Gasteiger partial charge on any atom is -0.495 e. The van der Waals surface area contributed by atoms with Gasteiger partial charge < -0.3 is 20.2 Å². The number of amidine groups is 1. The van der Waals surface area contributed by atoms with Gasteiger partial charge in [-0.25, -0.2) is 14.4 Å². The van der Waals surface area contributed by atoms with Crippen molar-refractivity contribution in [2.24, 2.45) is 11.7 Å². The van der Waals surface area contributed by atoms with Gasteiger partial charge in [-0.05, 0) is 25.1 Å². The van der Waals surface area contributed by atoms with Gasteiger partial charge in [0, 0.05) is 17.4 Å². The summed E-state index contributed by atoms with van der Waals surface area (Å²) in [6, 6.07) is 5.48. The van der Waals surface area contributed by atoms with Crippen molar-refractivity contribution in [2.45, 2.75) is 37.6 Å². The molecular formula is C21H20ClF4N5O2. The molecule has 0 amide bonds. The van der Waals surface area contributed by atoms with Gasteiger partial charge in [-0.3, -0.25) is 5.41 Å². The monoisotopic (exact) mass is 485 g/mol. The fraction of sp³-hybridized carbons (Fsp3) is 0.381. The molecule has 3 aromatic rings. The predicted octanol–water partition coefficient (Wildman–Crippen LogP) is 4.86. The van der Waals surface area contributed by atoms with E-state index in [-0.39, 0.29) is 39.3 Å². The average molecular weight is 486 g/mol. The smallest absolute Gasteiger partial charge is 0.417 e. The third-order valence-electron chi connectivity index (χ3n) is 6.22. The van der Waals surface area contributed by atoms with Crippen LogP contribution in [0.3, 0.4) is 0 Å². The maximum absolute atomic E-state index is 14.1. The van der Waals surface area contributed by atoms with Crippen LogP contribution in [-0.4, -0.2) is 39.7 Å². The Morgan fingerprint density at radius 2 is 1.97 bits per heavy atom. The van der Waals surface area contributed by atoms with Crippen molar-refractivity contribution in [3.63, 3.8) is 0 Å². The molecular weight excluding hydrogens is 466 g/mol. The Morgan fingerprint density at radius 1 is 1.27 bits per heavy atom. The van der Waals surface area contributed by atoms with Crippen LogP contribution < -0.4 is 10.5 Å². The lowest BCUT2D eigenvalue weighted by Gasteiger charge is -2.32. The molecule has 4 rings (SSSR count). The van der Waals surface area contributed by atoms with Gasteiger partial charge in [0.15, 0.2) is 11.2 Å². The number of alkyl halides is 3. The molecule has 1 aliphatic heterocycles. The van der Waals surface area contributed by atoms with Gasteiger partial charge in [0.2, 0.25) is 0 Å². The first kappa shape index (κ1) is 23.2. The fourth-order valence-corrected chi connectivity index (χ4v) is 4.49. The molecule has 0 bridgehead atoms. The molecule has 2 aromatic heterocycles.